The van der Waals surface area contributed by atoms with Crippen LogP contribution in [-0.4, -0.2) is 77.5 Å². The van der Waals surface area contributed by atoms with Crippen molar-refractivity contribution in [1.29, 1.82) is 0 Å². The maximum atomic E-state index is 9.37. The average molecular weight is 519 g/mol. The van der Waals surface area contributed by atoms with Gasteiger partial charge in [0.2, 0.25) is 0 Å². The van der Waals surface area contributed by atoms with Gasteiger partial charge in [0.05, 0.1) is 0 Å². The van der Waals surface area contributed by atoms with Crippen LogP contribution in [-0.2, 0) is 33.6 Å². The fraction of sp³-hybridized carbons (Fsp3) is 0.667. The third-order valence-corrected chi connectivity index (χ3v) is 2.12. The standard InChI is InChI=1S/7C3H6O2/c7*1-2-3(4)5/h7*2H2,1H3,(H,4,5). The Labute approximate surface area is 205 Å². The highest BCUT2D eigenvalue weighted by molar-refractivity contribution is 5.67. The molecule has 14 nitrogen and oxygen atoms in total. The maximum absolute atomic E-state index is 9.37. The predicted molar refractivity (Wildman–Crippen MR) is 125 cm³/mol. The van der Waals surface area contributed by atoms with E-state index >= 15 is 0 Å². The Morgan fingerprint density at radius 2 is 0.314 bits per heavy atom. The van der Waals surface area contributed by atoms with Crippen LogP contribution in [0.25, 0.3) is 0 Å². The Balaban J connectivity index is -0.0000000523. The van der Waals surface area contributed by atoms with Crippen molar-refractivity contribution in [3.8, 4) is 0 Å². The molecule has 0 amide bonds. The lowest BCUT2D eigenvalue weighted by atomic mass is 10.5. The zero-order chi connectivity index (χ0) is 30.0. The summed E-state index contributed by atoms with van der Waals surface area (Å²) in [5.41, 5.74) is 0. The summed E-state index contributed by atoms with van der Waals surface area (Å²) < 4.78 is 0. The van der Waals surface area contributed by atoms with Crippen molar-refractivity contribution in [2.75, 3.05) is 0 Å². The van der Waals surface area contributed by atoms with Crippen molar-refractivity contribution < 1.29 is 69.3 Å². The summed E-state index contributed by atoms with van der Waals surface area (Å²) in [5, 5.41) is 54.1. The third kappa shape index (κ3) is 229. The molecule has 0 atom stereocenters. The molecule has 7 N–H and O–H groups in total. The first-order valence-corrected chi connectivity index (χ1v) is 10.4. The van der Waals surface area contributed by atoms with Gasteiger partial charge in [0.25, 0.3) is 0 Å². The van der Waals surface area contributed by atoms with E-state index in [1.807, 2.05) is 0 Å². The SMILES string of the molecule is CCC(=O)O.CCC(=O)O.CCC(=O)O.CCC(=O)O.CCC(=O)O.CCC(=O)O.CCC(=O)O. The number of carboxylic acids is 7. The molecule has 0 aliphatic rings. The first kappa shape index (κ1) is 48.7. The largest absolute Gasteiger partial charge is 0.481 e. The molecule has 0 saturated heterocycles. The second kappa shape index (κ2) is 44.0. The quantitative estimate of drug-likeness (QED) is 0.255. The fourth-order valence-electron chi connectivity index (χ4n) is 0. The molecule has 0 rings (SSSR count). The van der Waals surface area contributed by atoms with E-state index in [0.29, 0.717) is 0 Å². The van der Waals surface area contributed by atoms with Crippen LogP contribution in [0, 0.1) is 0 Å². The predicted octanol–water partition coefficient (Wildman–Crippen LogP) is 3.37. The first-order chi connectivity index (χ1) is 15.9. The molecule has 0 radical (unpaired) electrons. The van der Waals surface area contributed by atoms with Crippen molar-refractivity contribution in [3.05, 3.63) is 0 Å². The minimum Gasteiger partial charge on any atom is -0.481 e. The van der Waals surface area contributed by atoms with E-state index in [9.17, 15) is 33.6 Å². The van der Waals surface area contributed by atoms with Gasteiger partial charge in [-0.2, -0.15) is 0 Å². The number of carboxylic acid groups (broad SMARTS) is 7. The van der Waals surface area contributed by atoms with Crippen LogP contribution in [0.5, 0.6) is 0 Å². The zero-order valence-electron chi connectivity index (χ0n) is 21.4. The molecule has 0 fully saturated rings. The summed E-state index contributed by atoms with van der Waals surface area (Å²) in [4.78, 5) is 65.6. The minimum absolute atomic E-state index is 0.222. The van der Waals surface area contributed by atoms with Crippen LogP contribution in [0.4, 0.5) is 0 Å². The molecule has 0 heterocycles. The molecular weight excluding hydrogens is 476 g/mol. The highest BCUT2D eigenvalue weighted by Crippen LogP contribution is 1.69. The number of hydrogen-bond acceptors (Lipinski definition) is 7. The Bertz CT molecular complexity index is 419. The Kier molecular flexibility index (Phi) is 61.2. The lowest BCUT2D eigenvalue weighted by Crippen LogP contribution is -1.86. The Hall–Kier alpha value is -3.71. The van der Waals surface area contributed by atoms with Gasteiger partial charge >= 0.3 is 41.8 Å². The topological polar surface area (TPSA) is 261 Å². The molecule has 0 aromatic heterocycles. The summed E-state index contributed by atoms with van der Waals surface area (Å²) in [7, 11) is 0. The Morgan fingerprint density at radius 3 is 0.314 bits per heavy atom. The molecule has 35 heavy (non-hydrogen) atoms. The van der Waals surface area contributed by atoms with Crippen LogP contribution in [0.15, 0.2) is 0 Å². The van der Waals surface area contributed by atoms with E-state index in [0.717, 1.165) is 0 Å². The molecule has 0 unspecified atom stereocenters. The van der Waals surface area contributed by atoms with Crippen molar-refractivity contribution in [2.24, 2.45) is 0 Å². The Morgan fingerprint density at radius 1 is 0.286 bits per heavy atom. The maximum Gasteiger partial charge on any atom is 0.303 e. The molecule has 14 heteroatoms. The van der Waals surface area contributed by atoms with Crippen LogP contribution >= 0.6 is 0 Å². The summed E-state index contributed by atoms with van der Waals surface area (Å²) in [6.07, 6.45) is 1.56. The molecule has 0 saturated carbocycles. The van der Waals surface area contributed by atoms with Gasteiger partial charge in [-0.1, -0.05) is 48.5 Å². The third-order valence-electron chi connectivity index (χ3n) is 2.12. The smallest absolute Gasteiger partial charge is 0.303 e. The molecule has 0 bridgehead atoms. The van der Waals surface area contributed by atoms with Crippen LogP contribution in [0.3, 0.4) is 0 Å². The lowest BCUT2D eigenvalue weighted by molar-refractivity contribution is -0.137. The van der Waals surface area contributed by atoms with E-state index in [1.165, 1.54) is 0 Å². The highest BCUT2D eigenvalue weighted by Gasteiger charge is 1.83. The van der Waals surface area contributed by atoms with Gasteiger partial charge in [0.15, 0.2) is 0 Å². The van der Waals surface area contributed by atoms with Gasteiger partial charge in [0, 0.05) is 44.9 Å². The van der Waals surface area contributed by atoms with Crippen LogP contribution in [0.2, 0.25) is 0 Å². The summed E-state index contributed by atoms with van der Waals surface area (Å²) in [6.45, 7) is 11.2. The molecule has 210 valence electrons. The average Bonchev–Trinajstić information content (AvgIpc) is 2.80. The normalized spacial score (nSPS) is 7.40. The summed E-state index contributed by atoms with van der Waals surface area (Å²) in [5.74, 6) is -5.22. The molecule has 0 aromatic carbocycles. The van der Waals surface area contributed by atoms with Gasteiger partial charge in [-0.05, 0) is 0 Å². The van der Waals surface area contributed by atoms with Crippen LogP contribution < -0.4 is 0 Å². The van der Waals surface area contributed by atoms with Crippen molar-refractivity contribution in [3.63, 3.8) is 0 Å². The van der Waals surface area contributed by atoms with Crippen molar-refractivity contribution in [2.45, 2.75) is 93.4 Å². The highest BCUT2D eigenvalue weighted by atomic mass is 16.4. The molecule has 0 aliphatic heterocycles. The van der Waals surface area contributed by atoms with E-state index in [-0.39, 0.29) is 44.9 Å². The van der Waals surface area contributed by atoms with Gasteiger partial charge in [-0.3, -0.25) is 33.6 Å². The molecular formula is C21H42O14. The number of carbonyl (C=O) groups is 7. The number of hydrogen-bond donors (Lipinski definition) is 7. The minimum atomic E-state index is -0.745. The molecule has 0 spiro atoms. The second-order valence-electron chi connectivity index (χ2n) is 5.23. The van der Waals surface area contributed by atoms with Gasteiger partial charge in [-0.15, -0.1) is 0 Å². The van der Waals surface area contributed by atoms with Gasteiger partial charge in [0.1, 0.15) is 0 Å². The van der Waals surface area contributed by atoms with E-state index in [2.05, 4.69) is 0 Å². The van der Waals surface area contributed by atoms with E-state index in [4.69, 9.17) is 35.7 Å². The number of aliphatic carboxylic acids is 7. The fourth-order valence-corrected chi connectivity index (χ4v) is 0. The zero-order valence-corrected chi connectivity index (χ0v) is 21.4. The van der Waals surface area contributed by atoms with E-state index < -0.39 is 41.8 Å². The van der Waals surface area contributed by atoms with E-state index in [1.54, 1.807) is 48.5 Å². The van der Waals surface area contributed by atoms with Crippen LogP contribution in [0.1, 0.15) is 93.4 Å². The van der Waals surface area contributed by atoms with Gasteiger partial charge < -0.3 is 35.7 Å². The van der Waals surface area contributed by atoms with Crippen molar-refractivity contribution in [1.82, 2.24) is 0 Å². The summed E-state index contributed by atoms with van der Waals surface area (Å²) >= 11 is 0. The molecule has 0 aliphatic carbocycles. The monoisotopic (exact) mass is 518 g/mol. The summed E-state index contributed by atoms with van der Waals surface area (Å²) in [6, 6.07) is 0. The molecule has 0 aromatic rings. The lowest BCUT2D eigenvalue weighted by Gasteiger charge is -1.71. The number of rotatable bonds is 7. The van der Waals surface area contributed by atoms with Gasteiger partial charge in [-0.25, -0.2) is 0 Å². The van der Waals surface area contributed by atoms with Crippen molar-refractivity contribution >= 4 is 41.8 Å². The first-order valence-electron chi connectivity index (χ1n) is 10.4. The second-order valence-corrected chi connectivity index (χ2v) is 5.23.